The van der Waals surface area contributed by atoms with Gasteiger partial charge in [-0.25, -0.2) is 15.0 Å². The third-order valence-electron chi connectivity index (χ3n) is 4.74. The van der Waals surface area contributed by atoms with Crippen LogP contribution in [0.4, 0.5) is 5.95 Å². The Morgan fingerprint density at radius 1 is 0.750 bits per heavy atom. The second-order valence-corrected chi connectivity index (χ2v) is 7.21. The SMILES string of the molecule is O=C(NCc1ccccn1)c1ccnc(NN(Cc2ccccc2)Cc2ccccc2)n1. The highest BCUT2D eigenvalue weighted by Gasteiger charge is 2.12. The standard InChI is InChI=1S/C25H24N6O/c32-24(28-17-22-13-7-8-15-26-22)23-14-16-27-25(29-23)30-31(18-20-9-3-1-4-10-20)19-21-11-5-2-6-12-21/h1-16H,17-19H2,(H,28,32)(H,27,29,30). The van der Waals surface area contributed by atoms with E-state index in [2.05, 4.69) is 50.0 Å². The largest absolute Gasteiger partial charge is 0.345 e. The molecule has 2 aromatic carbocycles. The first-order valence-electron chi connectivity index (χ1n) is 10.4. The maximum absolute atomic E-state index is 12.6. The summed E-state index contributed by atoms with van der Waals surface area (Å²) in [6.45, 7) is 1.63. The lowest BCUT2D eigenvalue weighted by Gasteiger charge is -2.23. The maximum atomic E-state index is 12.6. The molecule has 0 fully saturated rings. The van der Waals surface area contributed by atoms with Gasteiger partial charge in [0.25, 0.3) is 5.91 Å². The van der Waals surface area contributed by atoms with E-state index >= 15 is 0 Å². The van der Waals surface area contributed by atoms with Crippen molar-refractivity contribution in [2.45, 2.75) is 19.6 Å². The number of nitrogens with zero attached hydrogens (tertiary/aromatic N) is 4. The Morgan fingerprint density at radius 3 is 2.03 bits per heavy atom. The van der Waals surface area contributed by atoms with Gasteiger partial charge in [-0.1, -0.05) is 66.7 Å². The Labute approximate surface area is 187 Å². The van der Waals surface area contributed by atoms with E-state index in [-0.39, 0.29) is 11.6 Å². The molecular weight excluding hydrogens is 400 g/mol. The number of anilines is 1. The summed E-state index contributed by atoms with van der Waals surface area (Å²) in [7, 11) is 0. The average Bonchev–Trinajstić information content (AvgIpc) is 2.84. The van der Waals surface area contributed by atoms with E-state index in [1.807, 2.05) is 59.6 Å². The van der Waals surface area contributed by atoms with Gasteiger partial charge in [-0.2, -0.15) is 0 Å². The van der Waals surface area contributed by atoms with E-state index in [9.17, 15) is 4.79 Å². The number of rotatable bonds is 9. The molecule has 0 saturated carbocycles. The van der Waals surface area contributed by atoms with E-state index in [0.29, 0.717) is 25.6 Å². The molecule has 0 aliphatic carbocycles. The van der Waals surface area contributed by atoms with Gasteiger partial charge in [0, 0.05) is 25.5 Å². The minimum atomic E-state index is -0.279. The van der Waals surface area contributed by atoms with Crippen molar-refractivity contribution in [3.8, 4) is 0 Å². The van der Waals surface area contributed by atoms with Crippen LogP contribution in [0.1, 0.15) is 27.3 Å². The number of carbonyl (C=O) groups excluding carboxylic acids is 1. The monoisotopic (exact) mass is 424 g/mol. The van der Waals surface area contributed by atoms with E-state index in [1.54, 1.807) is 18.5 Å². The fourth-order valence-corrected chi connectivity index (χ4v) is 3.19. The van der Waals surface area contributed by atoms with E-state index < -0.39 is 0 Å². The van der Waals surface area contributed by atoms with Crippen LogP contribution in [0.5, 0.6) is 0 Å². The number of amides is 1. The van der Waals surface area contributed by atoms with Crippen LogP contribution in [0, 0.1) is 0 Å². The number of carbonyl (C=O) groups is 1. The molecule has 2 heterocycles. The third-order valence-corrected chi connectivity index (χ3v) is 4.74. The first-order valence-corrected chi connectivity index (χ1v) is 10.4. The predicted octanol–water partition coefficient (Wildman–Crippen LogP) is 3.83. The van der Waals surface area contributed by atoms with E-state index in [0.717, 1.165) is 16.8 Å². The lowest BCUT2D eigenvalue weighted by Crippen LogP contribution is -2.31. The molecule has 0 atom stereocenters. The molecule has 0 radical (unpaired) electrons. The van der Waals surface area contributed by atoms with Gasteiger partial charge in [0.2, 0.25) is 5.95 Å². The Bertz CT molecular complexity index is 1080. The molecule has 2 N–H and O–H groups in total. The van der Waals surface area contributed by atoms with Crippen LogP contribution >= 0.6 is 0 Å². The van der Waals surface area contributed by atoms with Gasteiger partial charge in [-0.3, -0.25) is 15.2 Å². The van der Waals surface area contributed by atoms with Crippen LogP contribution in [0.3, 0.4) is 0 Å². The van der Waals surface area contributed by atoms with Crippen LogP contribution in [0.25, 0.3) is 0 Å². The normalized spacial score (nSPS) is 10.7. The zero-order chi connectivity index (χ0) is 22.0. The molecule has 4 aromatic rings. The summed E-state index contributed by atoms with van der Waals surface area (Å²) in [6.07, 6.45) is 3.27. The zero-order valence-corrected chi connectivity index (χ0v) is 17.6. The number of hydrogen-bond donors (Lipinski definition) is 2. The number of hydrogen-bond acceptors (Lipinski definition) is 6. The number of nitrogens with one attached hydrogen (secondary N) is 2. The van der Waals surface area contributed by atoms with E-state index in [1.165, 1.54) is 0 Å². The van der Waals surface area contributed by atoms with Crippen molar-refractivity contribution in [1.29, 1.82) is 0 Å². The summed E-state index contributed by atoms with van der Waals surface area (Å²) in [5, 5.41) is 4.87. The summed E-state index contributed by atoms with van der Waals surface area (Å²) < 4.78 is 0. The summed E-state index contributed by atoms with van der Waals surface area (Å²) in [5.74, 6) is 0.0844. The van der Waals surface area contributed by atoms with Gasteiger partial charge in [0.05, 0.1) is 12.2 Å². The second-order valence-electron chi connectivity index (χ2n) is 7.21. The second kappa shape index (κ2) is 10.8. The topological polar surface area (TPSA) is 83.0 Å². The quantitative estimate of drug-likeness (QED) is 0.398. The number of pyridine rings is 1. The third kappa shape index (κ3) is 6.20. The fourth-order valence-electron chi connectivity index (χ4n) is 3.19. The highest BCUT2D eigenvalue weighted by Crippen LogP contribution is 2.12. The Kier molecular flexibility index (Phi) is 7.13. The molecule has 0 saturated heterocycles. The van der Waals surface area contributed by atoms with Crippen molar-refractivity contribution in [3.05, 3.63) is 120 Å². The Hall–Kier alpha value is -4.10. The Morgan fingerprint density at radius 2 is 1.41 bits per heavy atom. The summed E-state index contributed by atoms with van der Waals surface area (Å²) >= 11 is 0. The first kappa shape index (κ1) is 21.1. The number of hydrazine groups is 1. The molecular formula is C25H24N6O. The van der Waals surface area contributed by atoms with Gasteiger partial charge in [0.1, 0.15) is 5.69 Å². The molecule has 32 heavy (non-hydrogen) atoms. The Balaban J connectivity index is 1.45. The van der Waals surface area contributed by atoms with Crippen LogP contribution < -0.4 is 10.7 Å². The molecule has 0 spiro atoms. The van der Waals surface area contributed by atoms with E-state index in [4.69, 9.17) is 0 Å². The predicted molar refractivity (Wildman–Crippen MR) is 123 cm³/mol. The highest BCUT2D eigenvalue weighted by atomic mass is 16.1. The summed E-state index contributed by atoms with van der Waals surface area (Å²) in [5.41, 5.74) is 6.64. The maximum Gasteiger partial charge on any atom is 0.270 e. The highest BCUT2D eigenvalue weighted by molar-refractivity contribution is 5.92. The summed E-state index contributed by atoms with van der Waals surface area (Å²) in [6, 6.07) is 27.5. The first-order chi connectivity index (χ1) is 15.8. The van der Waals surface area contributed by atoms with Crippen molar-refractivity contribution in [1.82, 2.24) is 25.3 Å². The molecule has 0 bridgehead atoms. The van der Waals surface area contributed by atoms with Crippen molar-refractivity contribution in [3.63, 3.8) is 0 Å². The van der Waals surface area contributed by atoms with Crippen molar-refractivity contribution < 1.29 is 4.79 Å². The van der Waals surface area contributed by atoms with Gasteiger partial charge in [-0.05, 0) is 29.3 Å². The fraction of sp³-hybridized carbons (Fsp3) is 0.120. The molecule has 7 nitrogen and oxygen atoms in total. The molecule has 0 aliphatic rings. The van der Waals surface area contributed by atoms with Crippen molar-refractivity contribution in [2.75, 3.05) is 5.43 Å². The molecule has 160 valence electrons. The summed E-state index contributed by atoms with van der Waals surface area (Å²) in [4.78, 5) is 25.5. The molecule has 7 heteroatoms. The molecule has 0 aliphatic heterocycles. The zero-order valence-electron chi connectivity index (χ0n) is 17.6. The average molecular weight is 425 g/mol. The molecule has 4 rings (SSSR count). The van der Waals surface area contributed by atoms with Gasteiger partial charge in [-0.15, -0.1) is 0 Å². The van der Waals surface area contributed by atoms with Crippen molar-refractivity contribution in [2.24, 2.45) is 0 Å². The van der Waals surface area contributed by atoms with Crippen LogP contribution in [-0.2, 0) is 19.6 Å². The van der Waals surface area contributed by atoms with Gasteiger partial charge < -0.3 is 5.32 Å². The lowest BCUT2D eigenvalue weighted by molar-refractivity contribution is 0.0945. The van der Waals surface area contributed by atoms with Crippen LogP contribution in [-0.4, -0.2) is 25.9 Å². The number of benzene rings is 2. The smallest absolute Gasteiger partial charge is 0.270 e. The minimum Gasteiger partial charge on any atom is -0.345 e. The van der Waals surface area contributed by atoms with Crippen molar-refractivity contribution >= 4 is 11.9 Å². The molecule has 2 aromatic heterocycles. The van der Waals surface area contributed by atoms with Gasteiger partial charge >= 0.3 is 0 Å². The van der Waals surface area contributed by atoms with Crippen LogP contribution in [0.15, 0.2) is 97.3 Å². The van der Waals surface area contributed by atoms with Crippen LogP contribution in [0.2, 0.25) is 0 Å². The lowest BCUT2D eigenvalue weighted by atomic mass is 10.2. The molecule has 0 unspecified atom stereocenters. The minimum absolute atomic E-state index is 0.279. The number of aromatic nitrogens is 3. The van der Waals surface area contributed by atoms with Gasteiger partial charge in [0.15, 0.2) is 0 Å². The molecule has 1 amide bonds.